The normalized spacial score (nSPS) is 59.7. The highest BCUT2D eigenvalue weighted by Crippen LogP contribution is 2.63. The second kappa shape index (κ2) is 13.1. The van der Waals surface area contributed by atoms with E-state index in [1.165, 1.54) is 12.8 Å². The lowest BCUT2D eigenvalue weighted by atomic mass is 9.57. The molecule has 2 aliphatic carbocycles. The average Bonchev–Trinajstić information content (AvgIpc) is 3.52. The monoisotopic (exact) mass is 744 g/mol. The molecule has 11 nitrogen and oxygen atoms in total. The average molecular weight is 745 g/mol. The zero-order valence-electron chi connectivity index (χ0n) is 33.3. The SMILES string of the molecule is BCCCC12OCC(C[C@H]3O[C@@H]4O[C@]5(C)CC[C@H]6[C@H](C)CC[C@@H]([C@H]3C)[C@@]46OO5)C(O1)C(C[C@H]1O[C@@H]3O[C@]4(C)CC[C@H]5[C@H](C)CC[C@@H]([C@H]1C)[C@@]35OO4)CO2. The van der Waals surface area contributed by atoms with Crippen LogP contribution in [0.2, 0.25) is 6.32 Å². The summed E-state index contributed by atoms with van der Waals surface area (Å²) in [5.74, 6) is 0.636. The summed E-state index contributed by atoms with van der Waals surface area (Å²) in [6, 6.07) is 0. The second-order valence-corrected chi connectivity index (χ2v) is 19.9. The van der Waals surface area contributed by atoms with Crippen LogP contribution in [-0.2, 0) is 52.7 Å². The topological polar surface area (TPSA) is 102 Å². The van der Waals surface area contributed by atoms with E-state index in [9.17, 15) is 0 Å². The third-order valence-electron chi connectivity index (χ3n) is 16.8. The molecule has 12 fully saturated rings. The molecular weight excluding hydrogens is 679 g/mol. The van der Waals surface area contributed by atoms with Crippen LogP contribution in [0, 0.1) is 59.2 Å². The Bertz CT molecular complexity index is 1300. The van der Waals surface area contributed by atoms with E-state index >= 15 is 0 Å². The molecule has 10 saturated heterocycles. The minimum atomic E-state index is -0.980. The molecule has 12 aliphatic rings. The Morgan fingerprint density at radius 2 is 1.08 bits per heavy atom. The lowest BCUT2D eigenvalue weighted by Crippen LogP contribution is -2.71. The van der Waals surface area contributed by atoms with E-state index in [-0.39, 0.29) is 42.0 Å². The van der Waals surface area contributed by atoms with Crippen molar-refractivity contribution in [2.45, 2.75) is 185 Å². The fraction of sp³-hybridized carbons (Fsp3) is 1.00. The van der Waals surface area contributed by atoms with Crippen LogP contribution in [0.25, 0.3) is 0 Å². The number of hydrogen-bond acceptors (Lipinski definition) is 11. The summed E-state index contributed by atoms with van der Waals surface area (Å²) in [4.78, 5) is 25.2. The molecule has 2 spiro atoms. The van der Waals surface area contributed by atoms with E-state index in [0.29, 0.717) is 48.7 Å². The summed E-state index contributed by atoms with van der Waals surface area (Å²) in [6.07, 6.45) is 11.7. The molecule has 53 heavy (non-hydrogen) atoms. The van der Waals surface area contributed by atoms with Crippen molar-refractivity contribution < 1.29 is 52.7 Å². The van der Waals surface area contributed by atoms with Crippen LogP contribution < -0.4 is 0 Å². The van der Waals surface area contributed by atoms with Gasteiger partial charge in [-0.2, -0.15) is 0 Å². The first-order chi connectivity index (χ1) is 25.4. The number of fused-ring (bicyclic) bond motifs is 6. The largest absolute Gasteiger partial charge is 0.346 e. The highest BCUT2D eigenvalue weighted by molar-refractivity contribution is 6.08. The fourth-order valence-electron chi connectivity index (χ4n) is 13.6. The van der Waals surface area contributed by atoms with Crippen molar-refractivity contribution in [1.29, 1.82) is 0 Å². The zero-order chi connectivity index (χ0) is 36.5. The van der Waals surface area contributed by atoms with Crippen molar-refractivity contribution in [2.24, 2.45) is 59.2 Å². The van der Waals surface area contributed by atoms with Crippen LogP contribution in [0.5, 0.6) is 0 Å². The molecule has 298 valence electrons. The molecule has 0 aromatic rings. The van der Waals surface area contributed by atoms with E-state index in [2.05, 4.69) is 35.5 Å². The van der Waals surface area contributed by atoms with Crippen LogP contribution in [0.4, 0.5) is 0 Å². The Morgan fingerprint density at radius 3 is 1.55 bits per heavy atom. The molecule has 0 N–H and O–H groups in total. The molecule has 2 saturated carbocycles. The van der Waals surface area contributed by atoms with Gasteiger partial charge in [-0.3, -0.25) is 0 Å². The van der Waals surface area contributed by atoms with Crippen LogP contribution in [0.1, 0.15) is 119 Å². The summed E-state index contributed by atoms with van der Waals surface area (Å²) in [7, 11) is 2.20. The van der Waals surface area contributed by atoms with Crippen molar-refractivity contribution in [3.8, 4) is 0 Å². The quantitative estimate of drug-likeness (QED) is 0.213. The Balaban J connectivity index is 0.912. The standard InChI is InChI=1S/C41H65BO11/c1-22-8-10-30-24(3)32(45-35-40(30)28(22)12-15-37(5,48-35)50-52-40)18-26-20-43-39(14-7-17-42)44-21-27(34(26)47-39)19-33-25(4)31-11-9-23(2)29-13-16-38(6)49-36(46-33)41(29,31)53-51-38/h22-36H,7-21,42H2,1-6H3/t22-,23-,24-,25-,26?,27?,28+,29+,30+,31+,32-,33-,34?,35-,36-,37+,38+,39?,40-,41-/m1/s1. The molecule has 12 rings (SSSR count). The number of ether oxygens (including phenoxy) is 7. The Labute approximate surface area is 317 Å². The molecule has 10 heterocycles. The van der Waals surface area contributed by atoms with Crippen LogP contribution in [0.3, 0.4) is 0 Å². The van der Waals surface area contributed by atoms with Gasteiger partial charge in [-0.15, -0.1) is 0 Å². The van der Waals surface area contributed by atoms with Gasteiger partial charge < -0.3 is 33.2 Å². The maximum atomic E-state index is 7.12. The zero-order valence-corrected chi connectivity index (χ0v) is 33.3. The molecule has 0 amide bonds. The summed E-state index contributed by atoms with van der Waals surface area (Å²) in [6.45, 7) is 14.7. The van der Waals surface area contributed by atoms with Gasteiger partial charge in [0.15, 0.2) is 23.8 Å². The maximum Gasteiger partial charge on any atom is 0.283 e. The molecule has 18 atom stereocenters. The number of hydrogen-bond donors (Lipinski definition) is 0. The first-order valence-electron chi connectivity index (χ1n) is 21.8. The van der Waals surface area contributed by atoms with Gasteiger partial charge >= 0.3 is 0 Å². The van der Waals surface area contributed by atoms with Crippen molar-refractivity contribution in [1.82, 2.24) is 0 Å². The molecule has 10 aliphatic heterocycles. The van der Waals surface area contributed by atoms with E-state index in [1.54, 1.807) is 0 Å². The minimum Gasteiger partial charge on any atom is -0.346 e. The van der Waals surface area contributed by atoms with Crippen molar-refractivity contribution in [3.05, 3.63) is 0 Å². The highest BCUT2D eigenvalue weighted by atomic mass is 17.3. The molecule has 12 heteroatoms. The van der Waals surface area contributed by atoms with E-state index in [4.69, 9.17) is 52.7 Å². The van der Waals surface area contributed by atoms with Gasteiger partial charge in [0.2, 0.25) is 11.6 Å². The predicted molar refractivity (Wildman–Crippen MR) is 192 cm³/mol. The second-order valence-electron chi connectivity index (χ2n) is 19.9. The molecular formula is C41H65BO11. The summed E-state index contributed by atoms with van der Waals surface area (Å²) < 4.78 is 48.0. The molecule has 6 bridgehead atoms. The third kappa shape index (κ3) is 5.53. The van der Waals surface area contributed by atoms with Crippen LogP contribution in [-0.4, -0.2) is 80.7 Å². The number of rotatable bonds is 7. The summed E-state index contributed by atoms with van der Waals surface area (Å²) >= 11 is 0. The predicted octanol–water partition coefficient (Wildman–Crippen LogP) is 6.43. The van der Waals surface area contributed by atoms with Gasteiger partial charge in [0.05, 0.1) is 31.5 Å². The van der Waals surface area contributed by atoms with E-state index in [1.807, 2.05) is 13.8 Å². The minimum absolute atomic E-state index is 0.0150. The van der Waals surface area contributed by atoms with Crippen LogP contribution in [0.15, 0.2) is 0 Å². The Hall–Kier alpha value is -0.375. The Kier molecular flexibility index (Phi) is 9.11. The van der Waals surface area contributed by atoms with Gasteiger partial charge in [0, 0.05) is 42.9 Å². The van der Waals surface area contributed by atoms with E-state index in [0.717, 1.165) is 70.5 Å². The maximum absolute atomic E-state index is 7.12. The van der Waals surface area contributed by atoms with Gasteiger partial charge in [-0.05, 0) is 101 Å². The van der Waals surface area contributed by atoms with Crippen molar-refractivity contribution in [2.75, 3.05) is 13.2 Å². The molecule has 0 aromatic carbocycles. The smallest absolute Gasteiger partial charge is 0.283 e. The van der Waals surface area contributed by atoms with Gasteiger partial charge in [-0.1, -0.05) is 40.4 Å². The van der Waals surface area contributed by atoms with Gasteiger partial charge in [-0.25, -0.2) is 19.6 Å². The van der Waals surface area contributed by atoms with Gasteiger partial charge in [0.1, 0.15) is 7.85 Å². The summed E-state index contributed by atoms with van der Waals surface area (Å²) in [5.41, 5.74) is -1.13. The molecule has 0 radical (unpaired) electrons. The lowest BCUT2D eigenvalue weighted by Gasteiger charge is -2.61. The highest BCUT2D eigenvalue weighted by Gasteiger charge is 2.71. The lowest BCUT2D eigenvalue weighted by molar-refractivity contribution is -0.571. The first kappa shape index (κ1) is 36.9. The van der Waals surface area contributed by atoms with Crippen molar-refractivity contribution in [3.63, 3.8) is 0 Å². The molecule has 2 unspecified atom stereocenters. The fourth-order valence-corrected chi connectivity index (χ4v) is 13.6. The van der Waals surface area contributed by atoms with Crippen LogP contribution >= 0.6 is 0 Å². The summed E-state index contributed by atoms with van der Waals surface area (Å²) in [5, 5.41) is 0. The molecule has 0 aromatic heterocycles. The Morgan fingerprint density at radius 1 is 0.585 bits per heavy atom. The van der Waals surface area contributed by atoms with Crippen molar-refractivity contribution >= 4 is 7.85 Å². The van der Waals surface area contributed by atoms with E-state index < -0.39 is 41.3 Å². The van der Waals surface area contributed by atoms with Gasteiger partial charge in [0.25, 0.3) is 5.97 Å². The first-order valence-corrected chi connectivity index (χ1v) is 21.8. The third-order valence-corrected chi connectivity index (χ3v) is 16.8.